The Morgan fingerprint density at radius 2 is 1.96 bits per heavy atom. The Bertz CT molecular complexity index is 640. The average Bonchev–Trinajstić information content (AvgIpc) is 3.33. The number of carbonyl (C=O) groups is 1. The summed E-state index contributed by atoms with van der Waals surface area (Å²) >= 11 is 0. The van der Waals surface area contributed by atoms with Gasteiger partial charge in [0.15, 0.2) is 0 Å². The molecule has 8 unspecified atom stereocenters. The minimum absolute atomic E-state index is 0.0841. The number of epoxide rings is 1. The van der Waals surface area contributed by atoms with Gasteiger partial charge in [0.1, 0.15) is 11.7 Å². The van der Waals surface area contributed by atoms with E-state index in [1.54, 1.807) is 0 Å². The zero-order valence-corrected chi connectivity index (χ0v) is 15.8. The highest BCUT2D eigenvalue weighted by molar-refractivity contribution is 5.85. The maximum absolute atomic E-state index is 11.4. The van der Waals surface area contributed by atoms with Gasteiger partial charge in [-0.25, -0.2) is 4.79 Å². The fraction of sp³-hybridized carbons (Fsp3) is 0.850. The molecule has 0 aromatic rings. The van der Waals surface area contributed by atoms with Crippen molar-refractivity contribution < 1.29 is 29.6 Å². The van der Waals surface area contributed by atoms with Crippen molar-refractivity contribution in [3.05, 3.63) is 11.6 Å². The zero-order chi connectivity index (χ0) is 18.9. The lowest BCUT2D eigenvalue weighted by atomic mass is 9.43. The van der Waals surface area contributed by atoms with E-state index in [0.717, 1.165) is 19.3 Å². The molecule has 4 aliphatic rings. The van der Waals surface area contributed by atoms with E-state index < -0.39 is 30.1 Å². The highest BCUT2D eigenvalue weighted by atomic mass is 16.6. The monoisotopic (exact) mass is 366 g/mol. The van der Waals surface area contributed by atoms with Crippen LogP contribution >= 0.6 is 0 Å². The summed E-state index contributed by atoms with van der Waals surface area (Å²) < 4.78 is 10.6. The van der Waals surface area contributed by atoms with Crippen molar-refractivity contribution in [1.82, 2.24) is 0 Å². The predicted molar refractivity (Wildman–Crippen MR) is 92.8 cm³/mol. The predicted octanol–water partition coefficient (Wildman–Crippen LogP) is 1.52. The minimum atomic E-state index is -1.13. The highest BCUT2D eigenvalue weighted by Crippen LogP contribution is 2.68. The third kappa shape index (κ3) is 2.35. The van der Waals surface area contributed by atoms with Crippen molar-refractivity contribution in [3.8, 4) is 0 Å². The smallest absolute Gasteiger partial charge is 0.333 e. The largest absolute Gasteiger partial charge is 0.429 e. The van der Waals surface area contributed by atoms with Gasteiger partial charge in [-0.05, 0) is 49.4 Å². The second-order valence-electron chi connectivity index (χ2n) is 9.35. The molecule has 1 spiro atoms. The summed E-state index contributed by atoms with van der Waals surface area (Å²) in [4.78, 5) is 11.4. The molecule has 0 bridgehead atoms. The van der Waals surface area contributed by atoms with E-state index in [1.807, 2.05) is 0 Å². The summed E-state index contributed by atoms with van der Waals surface area (Å²) in [7, 11) is 0. The number of fused-ring (bicyclic) bond motifs is 2. The summed E-state index contributed by atoms with van der Waals surface area (Å²) in [5, 5.41) is 31.0. The number of rotatable bonds is 3. The molecule has 3 N–H and O–H groups in total. The van der Waals surface area contributed by atoms with E-state index in [-0.39, 0.29) is 16.7 Å². The Morgan fingerprint density at radius 3 is 2.54 bits per heavy atom. The Labute approximate surface area is 154 Å². The number of hydrogen-bond donors (Lipinski definition) is 3. The van der Waals surface area contributed by atoms with Crippen molar-refractivity contribution in [2.75, 3.05) is 6.61 Å². The van der Waals surface area contributed by atoms with Crippen LogP contribution in [0.15, 0.2) is 11.6 Å². The van der Waals surface area contributed by atoms with Gasteiger partial charge in [0.2, 0.25) is 6.29 Å². The normalized spacial score (nSPS) is 53.2. The first-order chi connectivity index (χ1) is 12.1. The molecule has 0 amide bonds. The maximum Gasteiger partial charge on any atom is 0.333 e. The van der Waals surface area contributed by atoms with Crippen LogP contribution in [-0.4, -0.2) is 52.0 Å². The molecule has 0 radical (unpaired) electrons. The van der Waals surface area contributed by atoms with E-state index in [4.69, 9.17) is 9.47 Å². The number of esters is 1. The van der Waals surface area contributed by atoms with E-state index in [2.05, 4.69) is 20.8 Å². The summed E-state index contributed by atoms with van der Waals surface area (Å²) in [5.74, 6) is 0.158. The molecule has 146 valence electrons. The van der Waals surface area contributed by atoms with Crippen LogP contribution in [0.25, 0.3) is 0 Å². The quantitative estimate of drug-likeness (QED) is 0.517. The van der Waals surface area contributed by atoms with Crippen molar-refractivity contribution in [2.24, 2.45) is 22.7 Å². The Balaban J connectivity index is 1.62. The molecule has 26 heavy (non-hydrogen) atoms. The van der Waals surface area contributed by atoms with Gasteiger partial charge < -0.3 is 24.8 Å². The fourth-order valence-electron chi connectivity index (χ4n) is 6.20. The van der Waals surface area contributed by atoms with Crippen molar-refractivity contribution in [1.29, 1.82) is 0 Å². The minimum Gasteiger partial charge on any atom is -0.429 e. The summed E-state index contributed by atoms with van der Waals surface area (Å²) in [6.45, 7) is 7.22. The van der Waals surface area contributed by atoms with Gasteiger partial charge in [-0.3, -0.25) is 0 Å². The first-order valence-electron chi connectivity index (χ1n) is 9.73. The van der Waals surface area contributed by atoms with E-state index in [1.165, 1.54) is 6.08 Å². The lowest BCUT2D eigenvalue weighted by molar-refractivity contribution is -0.197. The van der Waals surface area contributed by atoms with Crippen LogP contribution in [0.3, 0.4) is 0 Å². The third-order valence-electron chi connectivity index (χ3n) is 8.33. The van der Waals surface area contributed by atoms with Crippen LogP contribution in [0.4, 0.5) is 0 Å². The molecule has 0 aromatic heterocycles. The first kappa shape index (κ1) is 18.4. The Kier molecular flexibility index (Phi) is 4.09. The van der Waals surface area contributed by atoms with Gasteiger partial charge in [0.25, 0.3) is 0 Å². The molecular weight excluding hydrogens is 336 g/mol. The fourth-order valence-corrected chi connectivity index (χ4v) is 6.20. The van der Waals surface area contributed by atoms with Crippen LogP contribution in [0.5, 0.6) is 0 Å². The molecule has 8 atom stereocenters. The SMILES string of the molecule is CC1CCC2(C)C(CC(O)C(O)C23CO3)C1(C)CCC1=CC(=O)OC1O. The van der Waals surface area contributed by atoms with Gasteiger partial charge in [0.05, 0.1) is 12.7 Å². The lowest BCUT2D eigenvalue weighted by Gasteiger charge is -2.61. The van der Waals surface area contributed by atoms with Gasteiger partial charge in [0, 0.05) is 17.1 Å². The van der Waals surface area contributed by atoms with Crippen molar-refractivity contribution in [3.63, 3.8) is 0 Å². The molecule has 3 fully saturated rings. The highest BCUT2D eigenvalue weighted by Gasteiger charge is 2.73. The van der Waals surface area contributed by atoms with E-state index in [9.17, 15) is 20.1 Å². The van der Waals surface area contributed by atoms with Crippen molar-refractivity contribution in [2.45, 2.75) is 77.0 Å². The number of aliphatic hydroxyl groups is 3. The van der Waals surface area contributed by atoms with E-state index in [0.29, 0.717) is 30.9 Å². The maximum atomic E-state index is 11.4. The molecule has 0 aromatic carbocycles. The first-order valence-corrected chi connectivity index (χ1v) is 9.73. The number of aliphatic hydroxyl groups excluding tert-OH is 3. The van der Waals surface area contributed by atoms with Gasteiger partial charge in [-0.2, -0.15) is 0 Å². The van der Waals surface area contributed by atoms with Crippen LogP contribution in [0.2, 0.25) is 0 Å². The van der Waals surface area contributed by atoms with Gasteiger partial charge in [-0.1, -0.05) is 20.8 Å². The van der Waals surface area contributed by atoms with Crippen molar-refractivity contribution >= 4 is 5.97 Å². The Hall–Kier alpha value is -0.950. The van der Waals surface area contributed by atoms with Crippen LogP contribution in [0.1, 0.15) is 52.9 Å². The summed E-state index contributed by atoms with van der Waals surface area (Å²) in [6.07, 6.45) is 2.62. The number of ether oxygens (including phenoxy) is 2. The molecule has 2 saturated carbocycles. The summed E-state index contributed by atoms with van der Waals surface area (Å²) in [5.41, 5.74) is -0.257. The van der Waals surface area contributed by atoms with Gasteiger partial charge >= 0.3 is 5.97 Å². The zero-order valence-electron chi connectivity index (χ0n) is 15.8. The molecule has 6 heteroatoms. The molecule has 1 saturated heterocycles. The second-order valence-corrected chi connectivity index (χ2v) is 9.35. The molecule has 6 nitrogen and oxygen atoms in total. The van der Waals surface area contributed by atoms with Crippen LogP contribution in [-0.2, 0) is 14.3 Å². The number of cyclic esters (lactones) is 1. The standard InChI is InChI=1S/C20H30O6/c1-11-4-7-19(3)14(9-13(21)16(23)20(19)10-25-20)18(11,2)6-5-12-8-15(22)26-17(12)24/h8,11,13-14,16-17,21,23-24H,4-7,9-10H2,1-3H3. The third-order valence-corrected chi connectivity index (χ3v) is 8.33. The average molecular weight is 366 g/mol. The molecule has 2 aliphatic heterocycles. The van der Waals surface area contributed by atoms with Crippen LogP contribution < -0.4 is 0 Å². The molecule has 2 heterocycles. The van der Waals surface area contributed by atoms with Gasteiger partial charge in [-0.15, -0.1) is 0 Å². The van der Waals surface area contributed by atoms with E-state index >= 15 is 0 Å². The Morgan fingerprint density at radius 1 is 1.27 bits per heavy atom. The molecule has 4 rings (SSSR count). The molecule has 2 aliphatic carbocycles. The second kappa shape index (κ2) is 5.77. The number of carbonyl (C=O) groups excluding carboxylic acids is 1. The number of hydrogen-bond acceptors (Lipinski definition) is 6. The lowest BCUT2D eigenvalue weighted by Crippen LogP contribution is -2.65. The summed E-state index contributed by atoms with van der Waals surface area (Å²) in [6, 6.07) is 0. The topological polar surface area (TPSA) is 99.5 Å². The van der Waals surface area contributed by atoms with Crippen LogP contribution in [0, 0.1) is 22.7 Å². The molecular formula is C20H30O6.